The van der Waals surface area contributed by atoms with Crippen LogP contribution in [-0.2, 0) is 9.53 Å². The van der Waals surface area contributed by atoms with E-state index in [4.69, 9.17) is 4.74 Å². The summed E-state index contributed by atoms with van der Waals surface area (Å²) < 4.78 is 5.01. The Bertz CT molecular complexity index is 346. The third-order valence-electron chi connectivity index (χ3n) is 4.52. The maximum atomic E-state index is 12.2. The summed E-state index contributed by atoms with van der Waals surface area (Å²) in [6, 6.07) is 1.01. The molecule has 0 aromatic rings. The molecule has 0 aromatic carbocycles. The number of nitrogens with zero attached hydrogens (tertiary/aromatic N) is 2. The molecule has 2 aliphatic rings. The van der Waals surface area contributed by atoms with Gasteiger partial charge >= 0.3 is 5.97 Å². The zero-order valence-corrected chi connectivity index (χ0v) is 13.3. The number of carbonyl (C=O) groups excluding carboxylic acids is 1. The molecule has 5 nitrogen and oxygen atoms in total. The van der Waals surface area contributed by atoms with E-state index in [0.717, 1.165) is 6.54 Å². The van der Waals surface area contributed by atoms with Crippen molar-refractivity contribution in [3.8, 4) is 0 Å². The zero-order valence-electron chi connectivity index (χ0n) is 13.3. The van der Waals surface area contributed by atoms with Gasteiger partial charge in [0.2, 0.25) is 0 Å². The Balaban J connectivity index is 1.96. The summed E-state index contributed by atoms with van der Waals surface area (Å²) in [5.74, 6) is -0.152. The van der Waals surface area contributed by atoms with Crippen molar-refractivity contribution < 1.29 is 9.53 Å². The second-order valence-corrected chi connectivity index (χ2v) is 6.72. The Hall–Kier alpha value is -0.650. The predicted octanol–water partition coefficient (Wildman–Crippen LogP) is 0.696. The second-order valence-electron chi connectivity index (χ2n) is 6.72. The zero-order chi connectivity index (χ0) is 14.8. The molecule has 2 unspecified atom stereocenters. The highest BCUT2D eigenvalue weighted by Gasteiger charge is 2.41. The van der Waals surface area contributed by atoms with Crippen LogP contribution >= 0.6 is 0 Å². The molecule has 5 heteroatoms. The number of hydrogen-bond acceptors (Lipinski definition) is 5. The van der Waals surface area contributed by atoms with Gasteiger partial charge in [0.05, 0.1) is 7.11 Å². The lowest BCUT2D eigenvalue weighted by atomic mass is 9.98. The van der Waals surface area contributed by atoms with Crippen molar-refractivity contribution in [1.82, 2.24) is 15.1 Å². The van der Waals surface area contributed by atoms with Crippen molar-refractivity contribution in [2.75, 3.05) is 40.8 Å². The smallest absolute Gasteiger partial charge is 0.327 e. The minimum Gasteiger partial charge on any atom is -0.468 e. The predicted molar refractivity (Wildman–Crippen MR) is 79.7 cm³/mol. The molecule has 1 saturated heterocycles. The lowest BCUT2D eigenvalue weighted by Gasteiger charge is -2.40. The van der Waals surface area contributed by atoms with Crippen LogP contribution in [0.2, 0.25) is 0 Å². The fourth-order valence-electron chi connectivity index (χ4n) is 3.20. The number of carbonyl (C=O) groups is 1. The van der Waals surface area contributed by atoms with Crippen LogP contribution in [0.3, 0.4) is 0 Å². The molecule has 2 atom stereocenters. The van der Waals surface area contributed by atoms with E-state index in [1.54, 1.807) is 0 Å². The number of likely N-dealkylation sites (N-methyl/N-ethyl adjacent to an activating group) is 2. The monoisotopic (exact) mass is 283 g/mol. The van der Waals surface area contributed by atoms with Crippen LogP contribution in [0.4, 0.5) is 0 Å². The number of ether oxygens (including phenoxy) is 1. The van der Waals surface area contributed by atoms with E-state index in [2.05, 4.69) is 29.2 Å². The number of methoxy groups -OCH3 is 1. The summed E-state index contributed by atoms with van der Waals surface area (Å²) in [6.45, 7) is 4.94. The average molecular weight is 283 g/mol. The van der Waals surface area contributed by atoms with Crippen LogP contribution in [0.1, 0.15) is 32.6 Å². The van der Waals surface area contributed by atoms with E-state index in [1.165, 1.54) is 39.3 Å². The number of hydrogen-bond donors (Lipinski definition) is 1. The first-order chi connectivity index (χ1) is 9.44. The third kappa shape index (κ3) is 3.93. The van der Waals surface area contributed by atoms with E-state index < -0.39 is 5.54 Å². The van der Waals surface area contributed by atoms with Gasteiger partial charge in [-0.15, -0.1) is 0 Å². The van der Waals surface area contributed by atoms with Gasteiger partial charge in [0.25, 0.3) is 0 Å². The summed E-state index contributed by atoms with van der Waals surface area (Å²) in [5.41, 5.74) is -0.597. The van der Waals surface area contributed by atoms with Crippen LogP contribution in [-0.4, -0.2) is 74.2 Å². The SMILES string of the molecule is COC(=O)C(C)(CN(C)C1CCCN(C)C1)NC1CC1. The van der Waals surface area contributed by atoms with Crippen molar-refractivity contribution >= 4 is 5.97 Å². The van der Waals surface area contributed by atoms with Gasteiger partial charge in [-0.3, -0.25) is 15.0 Å². The summed E-state index contributed by atoms with van der Waals surface area (Å²) in [6.07, 6.45) is 4.78. The molecule has 1 aliphatic heterocycles. The van der Waals surface area contributed by atoms with Gasteiger partial charge in [-0.2, -0.15) is 0 Å². The average Bonchev–Trinajstić information content (AvgIpc) is 3.21. The lowest BCUT2D eigenvalue weighted by Crippen LogP contribution is -2.60. The Morgan fingerprint density at radius 1 is 1.45 bits per heavy atom. The number of piperidine rings is 1. The molecule has 2 rings (SSSR count). The fraction of sp³-hybridized carbons (Fsp3) is 0.933. The van der Waals surface area contributed by atoms with Crippen LogP contribution in [0.25, 0.3) is 0 Å². The van der Waals surface area contributed by atoms with Crippen molar-refractivity contribution in [2.24, 2.45) is 0 Å². The van der Waals surface area contributed by atoms with Crippen molar-refractivity contribution in [1.29, 1.82) is 0 Å². The number of esters is 1. The van der Waals surface area contributed by atoms with E-state index in [-0.39, 0.29) is 5.97 Å². The Kier molecular flexibility index (Phi) is 5.04. The molecule has 0 amide bonds. The molecular formula is C15H29N3O2. The normalized spacial score (nSPS) is 27.4. The van der Waals surface area contributed by atoms with E-state index in [1.807, 2.05) is 6.92 Å². The number of rotatable bonds is 6. The summed E-state index contributed by atoms with van der Waals surface area (Å²) in [5, 5.41) is 3.47. The molecule has 1 N–H and O–H groups in total. The molecule has 20 heavy (non-hydrogen) atoms. The van der Waals surface area contributed by atoms with Crippen molar-refractivity contribution in [2.45, 2.75) is 50.2 Å². The van der Waals surface area contributed by atoms with Crippen molar-refractivity contribution in [3.63, 3.8) is 0 Å². The minimum atomic E-state index is -0.597. The standard InChI is InChI=1S/C15H29N3O2/c1-15(14(19)20-4,16-12-7-8-12)11-18(3)13-6-5-9-17(2)10-13/h12-13,16H,5-11H2,1-4H3. The quantitative estimate of drug-likeness (QED) is 0.727. The molecule has 0 radical (unpaired) electrons. The van der Waals surface area contributed by atoms with Gasteiger partial charge in [-0.05, 0) is 53.2 Å². The summed E-state index contributed by atoms with van der Waals surface area (Å²) in [7, 11) is 5.77. The minimum absolute atomic E-state index is 0.152. The Morgan fingerprint density at radius 2 is 2.15 bits per heavy atom. The van der Waals surface area contributed by atoms with Crippen LogP contribution in [0.15, 0.2) is 0 Å². The summed E-state index contributed by atoms with van der Waals surface area (Å²) in [4.78, 5) is 16.8. The first-order valence-corrected chi connectivity index (χ1v) is 7.69. The highest BCUT2D eigenvalue weighted by Crippen LogP contribution is 2.24. The second kappa shape index (κ2) is 6.41. The summed E-state index contributed by atoms with van der Waals surface area (Å²) >= 11 is 0. The molecule has 1 heterocycles. The van der Waals surface area contributed by atoms with Crippen LogP contribution in [0, 0.1) is 0 Å². The first-order valence-electron chi connectivity index (χ1n) is 7.69. The highest BCUT2D eigenvalue weighted by atomic mass is 16.5. The maximum Gasteiger partial charge on any atom is 0.327 e. The Labute approximate surface area is 122 Å². The largest absolute Gasteiger partial charge is 0.468 e. The van der Waals surface area contributed by atoms with Crippen LogP contribution < -0.4 is 5.32 Å². The highest BCUT2D eigenvalue weighted by molar-refractivity contribution is 5.80. The van der Waals surface area contributed by atoms with Crippen molar-refractivity contribution in [3.05, 3.63) is 0 Å². The molecule has 0 bridgehead atoms. The first kappa shape index (κ1) is 15.7. The van der Waals surface area contributed by atoms with E-state index >= 15 is 0 Å². The molecule has 2 fully saturated rings. The maximum absolute atomic E-state index is 12.2. The molecule has 0 spiro atoms. The van der Waals surface area contributed by atoms with Gasteiger partial charge in [0.15, 0.2) is 0 Å². The van der Waals surface area contributed by atoms with E-state index in [9.17, 15) is 4.79 Å². The molecule has 116 valence electrons. The van der Waals surface area contributed by atoms with Crippen LogP contribution in [0.5, 0.6) is 0 Å². The fourth-order valence-corrected chi connectivity index (χ4v) is 3.20. The topological polar surface area (TPSA) is 44.8 Å². The van der Waals surface area contributed by atoms with Gasteiger partial charge in [-0.25, -0.2) is 0 Å². The molecular weight excluding hydrogens is 254 g/mol. The van der Waals surface area contributed by atoms with Gasteiger partial charge in [0, 0.05) is 25.2 Å². The van der Waals surface area contributed by atoms with Gasteiger partial charge in [0.1, 0.15) is 5.54 Å². The third-order valence-corrected chi connectivity index (χ3v) is 4.52. The number of nitrogens with one attached hydrogen (secondary N) is 1. The van der Waals surface area contributed by atoms with E-state index in [0.29, 0.717) is 18.6 Å². The van der Waals surface area contributed by atoms with Gasteiger partial charge in [-0.1, -0.05) is 0 Å². The lowest BCUT2D eigenvalue weighted by molar-refractivity contribution is -0.149. The molecule has 0 aromatic heterocycles. The Morgan fingerprint density at radius 3 is 2.70 bits per heavy atom. The number of likely N-dealkylation sites (tertiary alicyclic amines) is 1. The molecule has 1 aliphatic carbocycles. The van der Waals surface area contributed by atoms with Gasteiger partial charge < -0.3 is 9.64 Å². The molecule has 1 saturated carbocycles.